The van der Waals surface area contributed by atoms with Gasteiger partial charge in [-0.2, -0.15) is 0 Å². The van der Waals surface area contributed by atoms with Gasteiger partial charge in [-0.15, -0.1) is 0 Å². The summed E-state index contributed by atoms with van der Waals surface area (Å²) in [5, 5.41) is 3.89. The Hall–Kier alpha value is -2.93. The van der Waals surface area contributed by atoms with Crippen molar-refractivity contribution in [1.82, 2.24) is 5.16 Å². The van der Waals surface area contributed by atoms with E-state index in [4.69, 9.17) is 9.26 Å². The van der Waals surface area contributed by atoms with Crippen LogP contribution in [0.25, 0.3) is 11.3 Å². The van der Waals surface area contributed by atoms with E-state index in [1.807, 2.05) is 30.3 Å². The van der Waals surface area contributed by atoms with Gasteiger partial charge >= 0.3 is 5.97 Å². The normalized spacial score (nSPS) is 11.3. The van der Waals surface area contributed by atoms with Crippen LogP contribution in [0, 0.1) is 0 Å². The lowest BCUT2D eigenvalue weighted by Gasteiger charge is -2.05. The molecular weight excluding hydrogens is 354 g/mol. The molecule has 1 heterocycles. The number of benzene rings is 2. The number of hydrogen-bond acceptors (Lipinski definition) is 6. The molecule has 0 spiro atoms. The second-order valence-electron chi connectivity index (χ2n) is 5.90. The summed E-state index contributed by atoms with van der Waals surface area (Å²) < 4.78 is 33.2. The summed E-state index contributed by atoms with van der Waals surface area (Å²) in [6, 6.07) is 17.6. The predicted octanol–water partition coefficient (Wildman–Crippen LogP) is 3.24. The number of nitrogens with zero attached hydrogens (tertiary/aromatic N) is 1. The van der Waals surface area contributed by atoms with Crippen LogP contribution in [-0.4, -0.2) is 25.8 Å². The third-order valence-electron chi connectivity index (χ3n) is 3.56. The SMILES string of the molecule is CS(=O)(=O)Cc1cccc(C(=O)OCc2cc(-c3ccccc3)on2)c1. The minimum absolute atomic E-state index is 0.0362. The number of ether oxygens (including phenoxy) is 1. The third-order valence-corrected chi connectivity index (χ3v) is 4.42. The zero-order chi connectivity index (χ0) is 18.6. The van der Waals surface area contributed by atoms with Gasteiger partial charge in [-0.3, -0.25) is 0 Å². The minimum atomic E-state index is -3.17. The van der Waals surface area contributed by atoms with Crippen LogP contribution in [-0.2, 0) is 26.9 Å². The van der Waals surface area contributed by atoms with E-state index in [2.05, 4.69) is 5.16 Å². The molecule has 26 heavy (non-hydrogen) atoms. The molecule has 0 atom stereocenters. The van der Waals surface area contributed by atoms with E-state index in [9.17, 15) is 13.2 Å². The minimum Gasteiger partial charge on any atom is -0.455 e. The summed E-state index contributed by atoms with van der Waals surface area (Å²) in [5.74, 6) is -0.0888. The lowest BCUT2D eigenvalue weighted by Crippen LogP contribution is -2.07. The van der Waals surface area contributed by atoms with Gasteiger partial charge in [-0.25, -0.2) is 13.2 Å². The van der Waals surface area contributed by atoms with E-state index in [0.29, 0.717) is 17.0 Å². The van der Waals surface area contributed by atoms with Crippen LogP contribution in [0.5, 0.6) is 0 Å². The van der Waals surface area contributed by atoms with Gasteiger partial charge in [0.1, 0.15) is 12.3 Å². The number of sulfone groups is 1. The summed E-state index contributed by atoms with van der Waals surface area (Å²) in [6.45, 7) is -0.0362. The Morgan fingerprint density at radius 3 is 2.58 bits per heavy atom. The fraction of sp³-hybridized carbons (Fsp3) is 0.158. The summed E-state index contributed by atoms with van der Waals surface area (Å²) in [4.78, 5) is 12.2. The number of carbonyl (C=O) groups excluding carboxylic acids is 1. The fourth-order valence-electron chi connectivity index (χ4n) is 2.43. The smallest absolute Gasteiger partial charge is 0.338 e. The molecule has 0 unspecified atom stereocenters. The molecular formula is C19H17NO5S. The summed E-state index contributed by atoms with van der Waals surface area (Å²) in [5.41, 5.74) is 2.20. The highest BCUT2D eigenvalue weighted by molar-refractivity contribution is 7.89. The van der Waals surface area contributed by atoms with Crippen LogP contribution >= 0.6 is 0 Å². The number of hydrogen-bond donors (Lipinski definition) is 0. The lowest BCUT2D eigenvalue weighted by atomic mass is 10.1. The van der Waals surface area contributed by atoms with Crippen LogP contribution in [0.4, 0.5) is 0 Å². The van der Waals surface area contributed by atoms with Crippen molar-refractivity contribution in [2.45, 2.75) is 12.4 Å². The van der Waals surface area contributed by atoms with Crippen molar-refractivity contribution in [3.63, 3.8) is 0 Å². The van der Waals surface area contributed by atoms with Crippen LogP contribution in [0.2, 0.25) is 0 Å². The molecule has 3 aromatic rings. The maximum absolute atomic E-state index is 12.2. The van der Waals surface area contributed by atoms with Crippen molar-refractivity contribution in [3.8, 4) is 11.3 Å². The van der Waals surface area contributed by atoms with Gasteiger partial charge < -0.3 is 9.26 Å². The molecule has 0 fully saturated rings. The highest BCUT2D eigenvalue weighted by Crippen LogP contribution is 2.20. The van der Waals surface area contributed by atoms with Crippen LogP contribution in [0.15, 0.2) is 65.2 Å². The van der Waals surface area contributed by atoms with E-state index in [0.717, 1.165) is 11.8 Å². The molecule has 2 aromatic carbocycles. The van der Waals surface area contributed by atoms with Gasteiger partial charge in [0.05, 0.1) is 11.3 Å². The first kappa shape index (κ1) is 17.9. The Balaban J connectivity index is 1.64. The molecule has 0 radical (unpaired) electrons. The fourth-order valence-corrected chi connectivity index (χ4v) is 3.22. The van der Waals surface area contributed by atoms with Gasteiger partial charge in [0.2, 0.25) is 0 Å². The largest absolute Gasteiger partial charge is 0.455 e. The van der Waals surface area contributed by atoms with Crippen molar-refractivity contribution in [1.29, 1.82) is 0 Å². The van der Waals surface area contributed by atoms with Gasteiger partial charge in [0.25, 0.3) is 0 Å². The Bertz CT molecular complexity index is 1010. The predicted molar refractivity (Wildman–Crippen MR) is 96.0 cm³/mol. The van der Waals surface area contributed by atoms with Gasteiger partial charge in [0.15, 0.2) is 15.6 Å². The number of carbonyl (C=O) groups is 1. The van der Waals surface area contributed by atoms with Crippen molar-refractivity contribution >= 4 is 15.8 Å². The maximum Gasteiger partial charge on any atom is 0.338 e. The summed E-state index contributed by atoms with van der Waals surface area (Å²) in [6.07, 6.45) is 1.15. The molecule has 134 valence electrons. The molecule has 0 saturated heterocycles. The van der Waals surface area contributed by atoms with Crippen molar-refractivity contribution in [2.75, 3.05) is 6.26 Å². The molecule has 0 aliphatic rings. The Kier molecular flexibility index (Phi) is 5.18. The Labute approximate surface area is 151 Å². The molecule has 0 aliphatic heterocycles. The van der Waals surface area contributed by atoms with Crippen LogP contribution in [0.3, 0.4) is 0 Å². The van der Waals surface area contributed by atoms with Crippen molar-refractivity contribution < 1.29 is 22.5 Å². The monoisotopic (exact) mass is 371 g/mol. The molecule has 0 amide bonds. The quantitative estimate of drug-likeness (QED) is 0.618. The first-order valence-electron chi connectivity index (χ1n) is 7.85. The van der Waals surface area contributed by atoms with Crippen LogP contribution in [0.1, 0.15) is 21.6 Å². The van der Waals surface area contributed by atoms with E-state index < -0.39 is 15.8 Å². The molecule has 7 heteroatoms. The molecule has 0 bridgehead atoms. The summed E-state index contributed by atoms with van der Waals surface area (Å²) >= 11 is 0. The topological polar surface area (TPSA) is 86.5 Å². The number of esters is 1. The van der Waals surface area contributed by atoms with Gasteiger partial charge in [-0.1, -0.05) is 47.6 Å². The second-order valence-corrected chi connectivity index (χ2v) is 8.04. The molecule has 6 nitrogen and oxygen atoms in total. The van der Waals surface area contributed by atoms with Crippen molar-refractivity contribution in [2.24, 2.45) is 0 Å². The lowest BCUT2D eigenvalue weighted by molar-refractivity contribution is 0.0464. The maximum atomic E-state index is 12.2. The average molecular weight is 371 g/mol. The zero-order valence-corrected chi connectivity index (χ0v) is 14.9. The molecule has 1 aromatic heterocycles. The van der Waals surface area contributed by atoms with Gasteiger partial charge in [-0.05, 0) is 17.7 Å². The zero-order valence-electron chi connectivity index (χ0n) is 14.1. The van der Waals surface area contributed by atoms with Crippen molar-refractivity contribution in [3.05, 3.63) is 77.5 Å². The van der Waals surface area contributed by atoms with E-state index in [1.54, 1.807) is 24.3 Å². The highest BCUT2D eigenvalue weighted by Gasteiger charge is 2.13. The Morgan fingerprint density at radius 2 is 1.85 bits per heavy atom. The molecule has 3 rings (SSSR count). The number of aromatic nitrogens is 1. The van der Waals surface area contributed by atoms with E-state index >= 15 is 0 Å². The summed E-state index contributed by atoms with van der Waals surface area (Å²) in [7, 11) is -3.17. The number of rotatable bonds is 6. The first-order chi connectivity index (χ1) is 12.4. The molecule has 0 aliphatic carbocycles. The van der Waals surface area contributed by atoms with E-state index in [-0.39, 0.29) is 17.9 Å². The highest BCUT2D eigenvalue weighted by atomic mass is 32.2. The second kappa shape index (κ2) is 7.53. The third kappa shape index (κ3) is 4.80. The molecule has 0 saturated carbocycles. The van der Waals surface area contributed by atoms with Crippen LogP contribution < -0.4 is 0 Å². The standard InChI is InChI=1S/C19H17NO5S/c1-26(22,23)13-14-6-5-9-16(10-14)19(21)24-12-17-11-18(25-20-17)15-7-3-2-4-8-15/h2-11H,12-13H2,1H3. The van der Waals surface area contributed by atoms with Gasteiger partial charge in [0, 0.05) is 17.9 Å². The first-order valence-corrected chi connectivity index (χ1v) is 9.91. The Morgan fingerprint density at radius 1 is 1.08 bits per heavy atom. The molecule has 0 N–H and O–H groups in total. The van der Waals surface area contributed by atoms with E-state index in [1.165, 1.54) is 6.07 Å². The average Bonchev–Trinajstić information content (AvgIpc) is 3.08.